The van der Waals surface area contributed by atoms with Crippen molar-refractivity contribution in [1.29, 1.82) is 0 Å². The molecule has 0 spiro atoms. The minimum absolute atomic E-state index is 0.182. The summed E-state index contributed by atoms with van der Waals surface area (Å²) in [7, 11) is 0. The van der Waals surface area contributed by atoms with Crippen LogP contribution in [0.4, 0.5) is 0 Å². The lowest BCUT2D eigenvalue weighted by molar-refractivity contribution is -0.122. The third-order valence-corrected chi connectivity index (χ3v) is 5.63. The fraction of sp³-hybridized carbons (Fsp3) is 0.353. The molecule has 5 nitrogen and oxygen atoms in total. The van der Waals surface area contributed by atoms with Gasteiger partial charge in [0.15, 0.2) is 0 Å². The van der Waals surface area contributed by atoms with Crippen molar-refractivity contribution in [3.05, 3.63) is 41.0 Å². The third kappa shape index (κ3) is 2.34. The van der Waals surface area contributed by atoms with E-state index in [9.17, 15) is 9.59 Å². The van der Waals surface area contributed by atoms with Crippen LogP contribution in [0.1, 0.15) is 22.5 Å². The highest BCUT2D eigenvalue weighted by molar-refractivity contribution is 7.13. The third-order valence-electron chi connectivity index (χ3n) is 4.75. The zero-order valence-electron chi connectivity index (χ0n) is 12.7. The van der Waals surface area contributed by atoms with Crippen LogP contribution in [0.15, 0.2) is 29.8 Å². The molecule has 1 aliphatic carbocycles. The van der Waals surface area contributed by atoms with Crippen molar-refractivity contribution in [2.24, 2.45) is 17.6 Å². The van der Waals surface area contributed by atoms with Gasteiger partial charge in [-0.1, -0.05) is 29.8 Å². The minimum Gasteiger partial charge on any atom is -0.368 e. The molecule has 1 aromatic carbocycles. The molecule has 2 aliphatic rings. The summed E-state index contributed by atoms with van der Waals surface area (Å²) in [5.41, 5.74) is 9.73. The molecule has 2 amide bonds. The summed E-state index contributed by atoms with van der Waals surface area (Å²) in [4.78, 5) is 31.4. The van der Waals surface area contributed by atoms with Crippen LogP contribution in [-0.2, 0) is 4.79 Å². The van der Waals surface area contributed by atoms with E-state index in [-0.39, 0.29) is 11.8 Å². The number of benzene rings is 1. The van der Waals surface area contributed by atoms with E-state index in [1.165, 1.54) is 11.3 Å². The van der Waals surface area contributed by atoms with Gasteiger partial charge in [-0.2, -0.15) is 0 Å². The quantitative estimate of drug-likeness (QED) is 0.937. The first-order valence-electron chi connectivity index (χ1n) is 7.67. The van der Waals surface area contributed by atoms with Crippen molar-refractivity contribution in [2.75, 3.05) is 6.54 Å². The average molecular weight is 327 g/mol. The van der Waals surface area contributed by atoms with Gasteiger partial charge in [0.25, 0.3) is 5.91 Å². The van der Waals surface area contributed by atoms with Crippen molar-refractivity contribution in [2.45, 2.75) is 19.4 Å². The second-order valence-corrected chi connectivity index (χ2v) is 7.22. The Morgan fingerprint density at radius 3 is 2.96 bits per heavy atom. The van der Waals surface area contributed by atoms with Crippen LogP contribution in [0.2, 0.25) is 0 Å². The van der Waals surface area contributed by atoms with Crippen LogP contribution in [0.3, 0.4) is 0 Å². The highest BCUT2D eigenvalue weighted by atomic mass is 32.1. The predicted octanol–water partition coefficient (Wildman–Crippen LogP) is 2.06. The van der Waals surface area contributed by atoms with Crippen molar-refractivity contribution in [3.63, 3.8) is 0 Å². The monoisotopic (exact) mass is 327 g/mol. The number of hydrogen-bond donors (Lipinski definition) is 1. The first kappa shape index (κ1) is 14.4. The first-order chi connectivity index (χ1) is 11.1. The Balaban J connectivity index is 1.68. The van der Waals surface area contributed by atoms with Crippen molar-refractivity contribution in [3.8, 4) is 10.4 Å². The Bertz CT molecular complexity index is 801. The Kier molecular flexibility index (Phi) is 3.23. The van der Waals surface area contributed by atoms with Gasteiger partial charge in [0.05, 0.1) is 10.4 Å². The van der Waals surface area contributed by atoms with Gasteiger partial charge in [-0.05, 0) is 30.7 Å². The molecule has 0 bridgehead atoms. The Labute approximate surface area is 138 Å². The van der Waals surface area contributed by atoms with E-state index in [0.29, 0.717) is 18.2 Å². The number of amides is 2. The molecule has 1 saturated heterocycles. The Morgan fingerprint density at radius 2 is 2.22 bits per heavy atom. The number of aryl methyl sites for hydroxylation is 1. The van der Waals surface area contributed by atoms with E-state index in [4.69, 9.17) is 5.73 Å². The molecule has 2 N–H and O–H groups in total. The number of rotatable bonds is 3. The van der Waals surface area contributed by atoms with Gasteiger partial charge in [-0.3, -0.25) is 9.59 Å². The number of piperidine rings is 1. The second-order valence-electron chi connectivity index (χ2n) is 6.36. The molecule has 1 aromatic heterocycles. The smallest absolute Gasteiger partial charge is 0.274 e. The van der Waals surface area contributed by atoms with Gasteiger partial charge >= 0.3 is 0 Å². The number of aromatic nitrogens is 1. The maximum Gasteiger partial charge on any atom is 0.274 e. The molecule has 118 valence electrons. The predicted molar refractivity (Wildman–Crippen MR) is 87.9 cm³/mol. The lowest BCUT2D eigenvalue weighted by Crippen LogP contribution is -2.46. The molecule has 2 aromatic rings. The molecule has 0 radical (unpaired) electrons. The molecule has 0 unspecified atom stereocenters. The number of likely N-dealkylation sites (tertiary alicyclic amines) is 1. The van der Waals surface area contributed by atoms with E-state index in [1.807, 2.05) is 31.2 Å². The largest absolute Gasteiger partial charge is 0.368 e. The molecule has 3 atom stereocenters. The van der Waals surface area contributed by atoms with Crippen LogP contribution in [0.5, 0.6) is 0 Å². The highest BCUT2D eigenvalue weighted by Crippen LogP contribution is 2.50. The SMILES string of the molecule is Cc1cccc(-c2scnc2C(=O)N2C[C@@H]3C[C@@H]3[C@H]2C(N)=O)c1. The number of hydrogen-bond acceptors (Lipinski definition) is 4. The lowest BCUT2D eigenvalue weighted by Gasteiger charge is -2.24. The average Bonchev–Trinajstić information content (AvgIpc) is 2.98. The lowest BCUT2D eigenvalue weighted by atomic mass is 10.1. The van der Waals surface area contributed by atoms with Gasteiger partial charge in [0, 0.05) is 6.54 Å². The summed E-state index contributed by atoms with van der Waals surface area (Å²) < 4.78 is 0. The maximum absolute atomic E-state index is 12.9. The normalized spacial score (nSPS) is 25.3. The van der Waals surface area contributed by atoms with Gasteiger partial charge in [-0.25, -0.2) is 4.98 Å². The molecule has 23 heavy (non-hydrogen) atoms. The Morgan fingerprint density at radius 1 is 1.39 bits per heavy atom. The summed E-state index contributed by atoms with van der Waals surface area (Å²) in [5.74, 6) is 0.0875. The molecular weight excluding hydrogens is 310 g/mol. The van der Waals surface area contributed by atoms with Crippen LogP contribution in [-0.4, -0.2) is 34.3 Å². The van der Waals surface area contributed by atoms with Gasteiger partial charge in [0.2, 0.25) is 5.91 Å². The van der Waals surface area contributed by atoms with Crippen molar-refractivity contribution < 1.29 is 9.59 Å². The number of nitrogens with zero attached hydrogens (tertiary/aromatic N) is 2. The molecule has 2 heterocycles. The van der Waals surface area contributed by atoms with E-state index < -0.39 is 11.9 Å². The number of thiazole rings is 1. The van der Waals surface area contributed by atoms with E-state index in [1.54, 1.807) is 10.4 Å². The topological polar surface area (TPSA) is 76.3 Å². The van der Waals surface area contributed by atoms with Gasteiger partial charge < -0.3 is 10.6 Å². The van der Waals surface area contributed by atoms with Crippen LogP contribution >= 0.6 is 11.3 Å². The number of primary amides is 1. The summed E-state index contributed by atoms with van der Waals surface area (Å²) in [5, 5.41) is 0. The van der Waals surface area contributed by atoms with E-state index in [0.717, 1.165) is 22.4 Å². The second kappa shape index (κ2) is 5.16. The van der Waals surface area contributed by atoms with Gasteiger partial charge in [-0.15, -0.1) is 11.3 Å². The van der Waals surface area contributed by atoms with Crippen LogP contribution in [0, 0.1) is 18.8 Å². The first-order valence-corrected chi connectivity index (χ1v) is 8.55. The summed E-state index contributed by atoms with van der Waals surface area (Å²) in [6.45, 7) is 2.63. The minimum atomic E-state index is -0.473. The fourth-order valence-corrected chi connectivity index (χ4v) is 4.34. The molecule has 6 heteroatoms. The molecular formula is C17H17N3O2S. The van der Waals surface area contributed by atoms with Crippen molar-refractivity contribution in [1.82, 2.24) is 9.88 Å². The Hall–Kier alpha value is -2.21. The number of carbonyl (C=O) groups excluding carboxylic acids is 2. The van der Waals surface area contributed by atoms with E-state index >= 15 is 0 Å². The standard InChI is InChI=1S/C17H17N3O2S/c1-9-3-2-4-10(5-9)15-13(19-8-23-15)17(22)20-7-11-6-12(11)14(20)16(18)21/h2-5,8,11-12,14H,6-7H2,1H3,(H2,18,21)/t11-,12-,14-/m0/s1. The van der Waals surface area contributed by atoms with E-state index in [2.05, 4.69) is 4.98 Å². The van der Waals surface area contributed by atoms with Crippen LogP contribution < -0.4 is 5.73 Å². The molecule has 1 aliphatic heterocycles. The van der Waals surface area contributed by atoms with Crippen molar-refractivity contribution >= 4 is 23.2 Å². The highest BCUT2D eigenvalue weighted by Gasteiger charge is 2.56. The summed E-state index contributed by atoms with van der Waals surface area (Å²) >= 11 is 1.45. The zero-order valence-corrected chi connectivity index (χ0v) is 13.5. The summed E-state index contributed by atoms with van der Waals surface area (Å²) in [6.07, 6.45) is 0.999. The number of nitrogens with two attached hydrogens (primary N) is 1. The molecule has 1 saturated carbocycles. The zero-order chi connectivity index (χ0) is 16.1. The maximum atomic E-state index is 12.9. The number of carbonyl (C=O) groups is 2. The summed E-state index contributed by atoms with van der Waals surface area (Å²) in [6, 6.07) is 7.53. The fourth-order valence-electron chi connectivity index (χ4n) is 3.56. The van der Waals surface area contributed by atoms with Crippen LogP contribution in [0.25, 0.3) is 10.4 Å². The molecule has 4 rings (SSSR count). The molecule has 2 fully saturated rings. The van der Waals surface area contributed by atoms with Gasteiger partial charge in [0.1, 0.15) is 11.7 Å². The number of fused-ring (bicyclic) bond motifs is 1.